The maximum atomic E-state index is 12.3. The maximum Gasteiger partial charge on any atom is 0.319 e. The molecule has 0 aliphatic carbocycles. The van der Waals surface area contributed by atoms with Crippen molar-refractivity contribution >= 4 is 40.3 Å². The van der Waals surface area contributed by atoms with Gasteiger partial charge < -0.3 is 26.0 Å². The Hall–Kier alpha value is -3.36. The largest absolute Gasteiger partial charge is 0.396 e. The van der Waals surface area contributed by atoms with Crippen LogP contribution >= 0.6 is 11.3 Å². The average Bonchev–Trinajstić information content (AvgIpc) is 3.39. The average molecular weight is 465 g/mol. The molecule has 4 N–H and O–H groups in total. The van der Waals surface area contributed by atoms with Gasteiger partial charge in [-0.25, -0.2) is 4.79 Å². The number of amides is 3. The molecule has 7 nitrogen and oxygen atoms in total. The fraction of sp³-hybridized carbons (Fsp3) is 0.280. The van der Waals surface area contributed by atoms with E-state index in [9.17, 15) is 14.7 Å². The van der Waals surface area contributed by atoms with Crippen molar-refractivity contribution in [3.63, 3.8) is 0 Å². The maximum absolute atomic E-state index is 12.3. The summed E-state index contributed by atoms with van der Waals surface area (Å²) in [5, 5.41) is 19.7. The second-order valence-corrected chi connectivity index (χ2v) is 9.05. The van der Waals surface area contributed by atoms with Gasteiger partial charge in [-0.3, -0.25) is 4.79 Å². The molecule has 1 fully saturated rings. The van der Waals surface area contributed by atoms with Gasteiger partial charge in [-0.1, -0.05) is 24.3 Å². The highest BCUT2D eigenvalue weighted by atomic mass is 32.1. The van der Waals surface area contributed by atoms with E-state index in [1.165, 1.54) is 17.0 Å². The van der Waals surface area contributed by atoms with Crippen LogP contribution in [-0.4, -0.2) is 36.7 Å². The predicted molar refractivity (Wildman–Crippen MR) is 133 cm³/mol. The van der Waals surface area contributed by atoms with E-state index in [4.69, 9.17) is 0 Å². The Morgan fingerprint density at radius 3 is 2.36 bits per heavy atom. The molecular weight excluding hydrogens is 436 g/mol. The van der Waals surface area contributed by atoms with Gasteiger partial charge in [0.15, 0.2) is 0 Å². The number of aliphatic hydroxyl groups excluding tert-OH is 1. The highest BCUT2D eigenvalue weighted by molar-refractivity contribution is 7.12. The van der Waals surface area contributed by atoms with E-state index >= 15 is 0 Å². The standard InChI is InChI=1S/C25H28N4O3S/c30-17-19-10-12-29(13-11-19)22-8-6-18(7-9-22)16-26-25(32)28-21-4-1-3-20(15-21)27-24(31)23-5-2-14-33-23/h1-9,14-15,19,30H,10-13,16-17H2,(H,27,31)(H2,26,28,32). The van der Waals surface area contributed by atoms with Crippen LogP contribution in [0.3, 0.4) is 0 Å². The molecule has 172 valence electrons. The van der Waals surface area contributed by atoms with Crippen LogP contribution in [0, 0.1) is 5.92 Å². The summed E-state index contributed by atoms with van der Waals surface area (Å²) in [6.07, 6.45) is 2.03. The molecule has 0 atom stereocenters. The van der Waals surface area contributed by atoms with Crippen molar-refractivity contribution in [3.05, 3.63) is 76.5 Å². The number of thiophene rings is 1. The smallest absolute Gasteiger partial charge is 0.319 e. The number of urea groups is 1. The van der Waals surface area contributed by atoms with E-state index in [1.807, 2.05) is 23.6 Å². The molecule has 1 aliphatic rings. The van der Waals surface area contributed by atoms with E-state index < -0.39 is 0 Å². The number of carbonyl (C=O) groups excluding carboxylic acids is 2. The van der Waals surface area contributed by atoms with Gasteiger partial charge >= 0.3 is 6.03 Å². The van der Waals surface area contributed by atoms with Crippen molar-refractivity contribution in [3.8, 4) is 0 Å². The molecule has 3 amide bonds. The van der Waals surface area contributed by atoms with Crippen molar-refractivity contribution in [1.29, 1.82) is 0 Å². The first-order valence-electron chi connectivity index (χ1n) is 11.1. The molecule has 0 spiro atoms. The lowest BCUT2D eigenvalue weighted by Crippen LogP contribution is -2.34. The molecule has 1 aromatic heterocycles. The fourth-order valence-electron chi connectivity index (χ4n) is 3.83. The van der Waals surface area contributed by atoms with Crippen molar-refractivity contribution in [2.75, 3.05) is 35.2 Å². The summed E-state index contributed by atoms with van der Waals surface area (Å²) < 4.78 is 0. The molecule has 3 aromatic rings. The van der Waals surface area contributed by atoms with Gasteiger partial charge in [0.1, 0.15) is 0 Å². The predicted octanol–water partition coefficient (Wildman–Crippen LogP) is 4.53. The number of benzene rings is 2. The molecule has 0 unspecified atom stereocenters. The first-order chi connectivity index (χ1) is 16.1. The molecule has 1 saturated heterocycles. The summed E-state index contributed by atoms with van der Waals surface area (Å²) in [4.78, 5) is 27.5. The van der Waals surface area contributed by atoms with Gasteiger partial charge in [0.05, 0.1) is 4.88 Å². The number of nitrogens with zero attached hydrogens (tertiary/aromatic N) is 1. The molecule has 2 aromatic carbocycles. The zero-order chi connectivity index (χ0) is 23.0. The zero-order valence-corrected chi connectivity index (χ0v) is 19.1. The third-order valence-electron chi connectivity index (χ3n) is 5.75. The normalized spacial score (nSPS) is 14.0. The second kappa shape index (κ2) is 11.0. The lowest BCUT2D eigenvalue weighted by molar-refractivity contribution is 0.103. The van der Waals surface area contributed by atoms with Gasteiger partial charge in [-0.15, -0.1) is 11.3 Å². The summed E-state index contributed by atoms with van der Waals surface area (Å²) in [6, 6.07) is 18.5. The lowest BCUT2D eigenvalue weighted by atomic mass is 9.97. The summed E-state index contributed by atoms with van der Waals surface area (Å²) in [5.74, 6) is 0.244. The number of rotatable bonds is 7. The molecule has 8 heteroatoms. The van der Waals surface area contributed by atoms with Crippen LogP contribution in [0.4, 0.5) is 21.9 Å². The molecule has 0 saturated carbocycles. The Bertz CT molecular complexity index is 1060. The topological polar surface area (TPSA) is 93.7 Å². The van der Waals surface area contributed by atoms with E-state index in [1.54, 1.807) is 30.3 Å². The summed E-state index contributed by atoms with van der Waals surface area (Å²) in [6.45, 7) is 2.60. The number of hydrogen-bond donors (Lipinski definition) is 4. The monoisotopic (exact) mass is 464 g/mol. The van der Waals surface area contributed by atoms with Gasteiger partial charge in [0, 0.05) is 43.3 Å². The first-order valence-corrected chi connectivity index (χ1v) is 11.9. The van der Waals surface area contributed by atoms with Crippen molar-refractivity contribution in [2.45, 2.75) is 19.4 Å². The number of hydrogen-bond acceptors (Lipinski definition) is 5. The van der Waals surface area contributed by atoms with Crippen LogP contribution in [0.1, 0.15) is 28.1 Å². The van der Waals surface area contributed by atoms with Crippen LogP contribution in [-0.2, 0) is 6.54 Å². The number of carbonyl (C=O) groups is 2. The number of aliphatic hydroxyl groups is 1. The lowest BCUT2D eigenvalue weighted by Gasteiger charge is -2.33. The minimum atomic E-state index is -0.313. The summed E-state index contributed by atoms with van der Waals surface area (Å²) >= 11 is 1.38. The number of anilines is 3. The Kier molecular flexibility index (Phi) is 7.59. The van der Waals surface area contributed by atoms with E-state index in [0.29, 0.717) is 28.7 Å². The van der Waals surface area contributed by atoms with Crippen molar-refractivity contribution in [2.24, 2.45) is 5.92 Å². The van der Waals surface area contributed by atoms with Crippen LogP contribution in [0.15, 0.2) is 66.0 Å². The third-order valence-corrected chi connectivity index (χ3v) is 6.62. The highest BCUT2D eigenvalue weighted by Gasteiger charge is 2.18. The Morgan fingerprint density at radius 1 is 0.970 bits per heavy atom. The Labute approximate surface area is 197 Å². The molecule has 4 rings (SSSR count). The third kappa shape index (κ3) is 6.34. The Balaban J connectivity index is 1.25. The summed E-state index contributed by atoms with van der Waals surface area (Å²) in [7, 11) is 0. The molecular formula is C25H28N4O3S. The van der Waals surface area contributed by atoms with Crippen LogP contribution in [0.5, 0.6) is 0 Å². The Morgan fingerprint density at radius 2 is 1.70 bits per heavy atom. The van der Waals surface area contributed by atoms with Gasteiger partial charge in [-0.05, 0) is 66.1 Å². The zero-order valence-electron chi connectivity index (χ0n) is 18.3. The molecule has 33 heavy (non-hydrogen) atoms. The van der Waals surface area contributed by atoms with Gasteiger partial charge in [0.2, 0.25) is 0 Å². The van der Waals surface area contributed by atoms with Crippen molar-refractivity contribution < 1.29 is 14.7 Å². The van der Waals surface area contributed by atoms with Crippen LogP contribution < -0.4 is 20.9 Å². The summed E-state index contributed by atoms with van der Waals surface area (Å²) in [5.41, 5.74) is 3.39. The highest BCUT2D eigenvalue weighted by Crippen LogP contribution is 2.23. The SMILES string of the molecule is O=C(NCc1ccc(N2CCC(CO)CC2)cc1)Nc1cccc(NC(=O)c2cccs2)c1. The molecule has 1 aliphatic heterocycles. The molecule has 0 bridgehead atoms. The van der Waals surface area contributed by atoms with Crippen LogP contribution in [0.25, 0.3) is 0 Å². The van der Waals surface area contributed by atoms with E-state index in [-0.39, 0.29) is 18.5 Å². The minimum absolute atomic E-state index is 0.173. The van der Waals surface area contributed by atoms with Gasteiger partial charge in [-0.2, -0.15) is 0 Å². The van der Waals surface area contributed by atoms with Gasteiger partial charge in [0.25, 0.3) is 5.91 Å². The minimum Gasteiger partial charge on any atom is -0.396 e. The fourth-order valence-corrected chi connectivity index (χ4v) is 4.45. The quantitative estimate of drug-likeness (QED) is 0.413. The van der Waals surface area contributed by atoms with E-state index in [0.717, 1.165) is 31.5 Å². The molecule has 0 radical (unpaired) electrons. The van der Waals surface area contributed by atoms with Crippen LogP contribution in [0.2, 0.25) is 0 Å². The number of nitrogens with one attached hydrogen (secondary N) is 3. The van der Waals surface area contributed by atoms with Crippen molar-refractivity contribution in [1.82, 2.24) is 5.32 Å². The number of piperidine rings is 1. The molecule has 2 heterocycles. The second-order valence-electron chi connectivity index (χ2n) is 8.10. The first kappa shape index (κ1) is 22.8. The van der Waals surface area contributed by atoms with E-state index in [2.05, 4.69) is 33.0 Å².